The van der Waals surface area contributed by atoms with Gasteiger partial charge < -0.3 is 14.4 Å². The Balaban J connectivity index is 1.64. The van der Waals surface area contributed by atoms with Crippen LogP contribution in [0.1, 0.15) is 44.6 Å². The average Bonchev–Trinajstić information content (AvgIpc) is 3.01. The fraction of sp³-hybridized carbons (Fsp3) is 0.375. The molecule has 0 bridgehead atoms. The van der Waals surface area contributed by atoms with Gasteiger partial charge in [0, 0.05) is 23.4 Å². The number of ether oxygens (including phenoxy) is 1. The highest BCUT2D eigenvalue weighted by molar-refractivity contribution is 6.35. The van der Waals surface area contributed by atoms with E-state index in [1.807, 2.05) is 29.7 Å². The predicted octanol–water partition coefficient (Wildman–Crippen LogP) is 7.62. The fourth-order valence-corrected chi connectivity index (χ4v) is 3.90. The van der Waals surface area contributed by atoms with E-state index in [0.717, 1.165) is 35.7 Å². The van der Waals surface area contributed by atoms with Crippen LogP contribution in [0.3, 0.4) is 0 Å². The summed E-state index contributed by atoms with van der Waals surface area (Å²) in [6, 6.07) is 10.9. The first-order valence-electron chi connectivity index (χ1n) is 10.7. The molecule has 1 N–H and O–H groups in total. The molecule has 1 heterocycles. The van der Waals surface area contributed by atoms with Gasteiger partial charge in [-0.3, -0.25) is 4.79 Å². The predicted molar refractivity (Wildman–Crippen MR) is 129 cm³/mol. The Hall–Kier alpha value is -2.57. The molecule has 170 valence electrons. The van der Waals surface area contributed by atoms with Gasteiger partial charge in [-0.25, -0.2) is 0 Å². The van der Waals surface area contributed by atoms with Gasteiger partial charge in [-0.1, -0.05) is 54.6 Å². The summed E-state index contributed by atoms with van der Waals surface area (Å²) < 4.78 is 7.43. The van der Waals surface area contributed by atoms with E-state index in [2.05, 4.69) is 17.2 Å². The quantitative estimate of drug-likeness (QED) is 0.242. The molecule has 0 radical (unpaired) electrons. The highest BCUT2D eigenvalue weighted by Gasteiger charge is 2.17. The average molecular weight is 476 g/mol. The van der Waals surface area contributed by atoms with Gasteiger partial charge in [0.1, 0.15) is 5.75 Å². The normalized spacial score (nSPS) is 11.5. The zero-order chi connectivity index (χ0) is 23.1. The number of hydrogen-bond acceptors (Lipinski definition) is 4. The summed E-state index contributed by atoms with van der Waals surface area (Å²) in [6.07, 6.45) is 3.75. The first-order valence-corrected chi connectivity index (χ1v) is 11.5. The number of hydrogen-bond donors (Lipinski definition) is 1. The zero-order valence-corrected chi connectivity index (χ0v) is 19.8. The van der Waals surface area contributed by atoms with E-state index in [9.17, 15) is 9.90 Å². The third-order valence-corrected chi connectivity index (χ3v) is 5.63. The Bertz CT molecular complexity index is 1130. The van der Waals surface area contributed by atoms with Crippen molar-refractivity contribution < 1.29 is 14.6 Å². The number of rotatable bonds is 10. The lowest BCUT2D eigenvalue weighted by atomic mass is 10.1. The van der Waals surface area contributed by atoms with Crippen LogP contribution in [0.15, 0.2) is 46.6 Å². The summed E-state index contributed by atoms with van der Waals surface area (Å²) in [5, 5.41) is 20.4. The standard InChI is InChI=1S/C24H27Cl2N3O3/c1-3-4-5-12-29-20-10-8-16(2)14-18(20)23(24(29)31)28-27-22(30)7-6-13-32-21-11-9-17(25)15-19(21)26/h8-11,14-15,31H,3-7,12-13H2,1-2H3. The van der Waals surface area contributed by atoms with Crippen LogP contribution in [0.5, 0.6) is 11.6 Å². The smallest absolute Gasteiger partial charge is 0.264 e. The van der Waals surface area contributed by atoms with Crippen molar-refractivity contribution in [3.8, 4) is 11.6 Å². The maximum absolute atomic E-state index is 12.2. The Morgan fingerprint density at radius 3 is 2.69 bits per heavy atom. The van der Waals surface area contributed by atoms with Crippen LogP contribution in [0.4, 0.5) is 5.69 Å². The molecular weight excluding hydrogens is 449 g/mol. The van der Waals surface area contributed by atoms with E-state index in [1.165, 1.54) is 0 Å². The molecule has 0 spiro atoms. The largest absolute Gasteiger partial charge is 0.493 e. The van der Waals surface area contributed by atoms with Gasteiger partial charge in [-0.05, 0) is 50.1 Å². The lowest BCUT2D eigenvalue weighted by molar-refractivity contribution is -0.118. The molecular formula is C24H27Cl2N3O3. The molecule has 0 aliphatic heterocycles. The molecule has 1 aromatic heterocycles. The molecule has 0 unspecified atom stereocenters. The van der Waals surface area contributed by atoms with Gasteiger partial charge in [0.15, 0.2) is 5.69 Å². The molecule has 0 fully saturated rings. The number of nitrogens with zero attached hydrogens (tertiary/aromatic N) is 3. The summed E-state index contributed by atoms with van der Waals surface area (Å²) in [6.45, 7) is 5.11. The van der Waals surface area contributed by atoms with Crippen molar-refractivity contribution >= 4 is 45.7 Å². The number of aromatic nitrogens is 1. The summed E-state index contributed by atoms with van der Waals surface area (Å²) >= 11 is 11.9. The minimum Gasteiger partial charge on any atom is -0.493 e. The van der Waals surface area contributed by atoms with Gasteiger partial charge in [0.05, 0.1) is 17.1 Å². The van der Waals surface area contributed by atoms with Gasteiger partial charge in [-0.15, -0.1) is 10.2 Å². The molecule has 0 aliphatic carbocycles. The lowest BCUT2D eigenvalue weighted by Crippen LogP contribution is -2.01. The van der Waals surface area contributed by atoms with Crippen molar-refractivity contribution in [1.82, 2.24) is 4.57 Å². The van der Waals surface area contributed by atoms with E-state index in [0.29, 0.717) is 41.1 Å². The second-order valence-electron chi connectivity index (χ2n) is 7.67. The van der Waals surface area contributed by atoms with Crippen molar-refractivity contribution in [2.45, 2.75) is 52.5 Å². The molecule has 3 aromatic rings. The summed E-state index contributed by atoms with van der Waals surface area (Å²) in [5.41, 5.74) is 2.26. The molecule has 2 aromatic carbocycles. The SMILES string of the molecule is CCCCCn1c(O)c(N=NC(=O)CCCOc2ccc(Cl)cc2Cl)c2cc(C)ccc21. The van der Waals surface area contributed by atoms with Crippen molar-refractivity contribution in [2.75, 3.05) is 6.61 Å². The fourth-order valence-electron chi connectivity index (χ4n) is 3.44. The third-order valence-electron chi connectivity index (χ3n) is 5.10. The zero-order valence-electron chi connectivity index (χ0n) is 18.3. The summed E-state index contributed by atoms with van der Waals surface area (Å²) in [7, 11) is 0. The van der Waals surface area contributed by atoms with E-state index < -0.39 is 0 Å². The van der Waals surface area contributed by atoms with E-state index in [-0.39, 0.29) is 18.2 Å². The molecule has 1 amide bonds. The first kappa shape index (κ1) is 24.1. The number of aromatic hydroxyl groups is 1. The van der Waals surface area contributed by atoms with Crippen LogP contribution in [0, 0.1) is 6.92 Å². The van der Waals surface area contributed by atoms with Gasteiger partial charge in [0.2, 0.25) is 5.88 Å². The van der Waals surface area contributed by atoms with Crippen molar-refractivity contribution in [3.05, 3.63) is 52.0 Å². The Morgan fingerprint density at radius 2 is 1.94 bits per heavy atom. The minimum absolute atomic E-state index is 0.0407. The summed E-state index contributed by atoms with van der Waals surface area (Å²) in [5.74, 6) is 0.176. The van der Waals surface area contributed by atoms with Gasteiger partial charge in [-0.2, -0.15) is 0 Å². The molecule has 6 nitrogen and oxygen atoms in total. The maximum atomic E-state index is 12.2. The number of fused-ring (bicyclic) bond motifs is 1. The second kappa shape index (κ2) is 11.3. The number of halogens is 2. The van der Waals surface area contributed by atoms with Crippen LogP contribution in [0.2, 0.25) is 10.0 Å². The molecule has 0 saturated carbocycles. The number of unbranched alkanes of at least 4 members (excludes halogenated alkanes) is 2. The molecule has 0 saturated heterocycles. The molecule has 0 aliphatic rings. The third kappa shape index (κ3) is 6.02. The number of carbonyl (C=O) groups excluding carboxylic acids is 1. The molecule has 0 atom stereocenters. The number of amides is 1. The van der Waals surface area contributed by atoms with E-state index in [4.69, 9.17) is 27.9 Å². The first-order chi connectivity index (χ1) is 15.4. The van der Waals surface area contributed by atoms with Crippen molar-refractivity contribution in [1.29, 1.82) is 0 Å². The van der Waals surface area contributed by atoms with Crippen LogP contribution in [-0.2, 0) is 11.3 Å². The molecule has 8 heteroatoms. The van der Waals surface area contributed by atoms with Crippen molar-refractivity contribution in [2.24, 2.45) is 10.2 Å². The monoisotopic (exact) mass is 475 g/mol. The van der Waals surface area contributed by atoms with E-state index in [1.54, 1.807) is 18.2 Å². The van der Waals surface area contributed by atoms with Crippen LogP contribution < -0.4 is 4.74 Å². The molecule has 3 rings (SSSR count). The van der Waals surface area contributed by atoms with Crippen LogP contribution >= 0.6 is 23.2 Å². The minimum atomic E-state index is -0.380. The van der Waals surface area contributed by atoms with Crippen molar-refractivity contribution in [3.63, 3.8) is 0 Å². The van der Waals surface area contributed by atoms with Crippen LogP contribution in [-0.4, -0.2) is 22.2 Å². The number of carbonyl (C=O) groups is 1. The number of azo groups is 1. The highest BCUT2D eigenvalue weighted by Crippen LogP contribution is 2.39. The Kier molecular flexibility index (Phi) is 8.53. The number of aryl methyl sites for hydroxylation is 2. The van der Waals surface area contributed by atoms with Gasteiger partial charge >= 0.3 is 0 Å². The summed E-state index contributed by atoms with van der Waals surface area (Å²) in [4.78, 5) is 12.2. The lowest BCUT2D eigenvalue weighted by Gasteiger charge is -2.07. The van der Waals surface area contributed by atoms with E-state index >= 15 is 0 Å². The van der Waals surface area contributed by atoms with Crippen LogP contribution in [0.25, 0.3) is 10.9 Å². The Morgan fingerprint density at radius 1 is 1.12 bits per heavy atom. The topological polar surface area (TPSA) is 76.2 Å². The maximum Gasteiger partial charge on any atom is 0.264 e. The second-order valence-corrected chi connectivity index (χ2v) is 8.52. The Labute approximate surface area is 197 Å². The highest BCUT2D eigenvalue weighted by atomic mass is 35.5. The van der Waals surface area contributed by atoms with Gasteiger partial charge in [0.25, 0.3) is 5.91 Å². The molecule has 32 heavy (non-hydrogen) atoms. The number of benzene rings is 2.